The van der Waals surface area contributed by atoms with Crippen molar-refractivity contribution in [2.75, 3.05) is 14.1 Å². The monoisotopic (exact) mass is 822 g/mol. The van der Waals surface area contributed by atoms with Crippen molar-refractivity contribution in [1.82, 2.24) is 19.7 Å². The third-order valence-electron chi connectivity index (χ3n) is 12.8. The summed E-state index contributed by atoms with van der Waals surface area (Å²) in [6, 6.07) is 5.32. The molecular weight excluding hydrogens is 757 g/mol. The minimum Gasteiger partial charge on any atom is -0.459 e. The molecule has 2 saturated heterocycles. The smallest absolute Gasteiger partial charge is 0.316 e. The second-order valence-corrected chi connectivity index (χ2v) is 17.6. The van der Waals surface area contributed by atoms with E-state index in [1.54, 1.807) is 24.0 Å². The molecule has 2 aromatic heterocycles. The molecule has 2 bridgehead atoms. The highest BCUT2D eigenvalue weighted by atomic mass is 16.7. The lowest BCUT2D eigenvalue weighted by atomic mass is 9.66. The Bertz CT molecular complexity index is 1780. The fraction of sp³-hybridized carbons (Fsp3) is 0.705. The van der Waals surface area contributed by atoms with Crippen LogP contribution in [0.1, 0.15) is 106 Å². The van der Waals surface area contributed by atoms with E-state index in [1.165, 1.54) is 13.8 Å². The van der Waals surface area contributed by atoms with Crippen LogP contribution < -0.4 is 0 Å². The van der Waals surface area contributed by atoms with Crippen LogP contribution >= 0.6 is 0 Å². The Morgan fingerprint density at radius 1 is 1.08 bits per heavy atom. The van der Waals surface area contributed by atoms with Crippen molar-refractivity contribution >= 4 is 29.1 Å². The molecule has 5 rings (SSSR count). The zero-order valence-corrected chi connectivity index (χ0v) is 36.5. The highest BCUT2D eigenvalue weighted by molar-refractivity contribution is 6.00. The van der Waals surface area contributed by atoms with E-state index in [0.717, 1.165) is 11.3 Å². The molecule has 1 saturated carbocycles. The van der Waals surface area contributed by atoms with Crippen molar-refractivity contribution in [3.05, 3.63) is 42.4 Å². The van der Waals surface area contributed by atoms with E-state index in [9.17, 15) is 24.6 Å². The maximum atomic E-state index is 14.5. The zero-order valence-electron chi connectivity index (χ0n) is 36.5. The predicted molar refractivity (Wildman–Crippen MR) is 222 cm³/mol. The maximum absolute atomic E-state index is 14.5. The van der Waals surface area contributed by atoms with Crippen LogP contribution in [0.5, 0.6) is 0 Å². The number of hydrogen-bond donors (Lipinski definition) is 2. The normalized spacial score (nSPS) is 36.8. The molecule has 3 aliphatic rings. The third kappa shape index (κ3) is 11.1. The number of rotatable bonds is 8. The van der Waals surface area contributed by atoms with Gasteiger partial charge in [0, 0.05) is 54.7 Å². The maximum Gasteiger partial charge on any atom is 0.316 e. The van der Waals surface area contributed by atoms with E-state index in [0.29, 0.717) is 56.5 Å². The molecule has 0 radical (unpaired) electrons. The van der Waals surface area contributed by atoms with Gasteiger partial charge in [-0.15, -0.1) is 0 Å². The number of pyridine rings is 1. The molecule has 4 heterocycles. The molecule has 59 heavy (non-hydrogen) atoms. The fourth-order valence-electron chi connectivity index (χ4n) is 9.43. The molecule has 0 spiro atoms. The summed E-state index contributed by atoms with van der Waals surface area (Å²) < 4.78 is 20.9. The van der Waals surface area contributed by atoms with Crippen LogP contribution in [-0.4, -0.2) is 116 Å². The van der Waals surface area contributed by atoms with Crippen molar-refractivity contribution < 1.29 is 43.6 Å². The number of oxime groups is 1. The van der Waals surface area contributed by atoms with Gasteiger partial charge in [-0.05, 0) is 102 Å². The summed E-state index contributed by atoms with van der Waals surface area (Å²) >= 11 is 0. The van der Waals surface area contributed by atoms with Crippen molar-refractivity contribution in [3.8, 4) is 5.82 Å². The Morgan fingerprint density at radius 3 is 2.46 bits per heavy atom. The lowest BCUT2D eigenvalue weighted by Crippen LogP contribution is -2.57. The standard InChI is InChI=1S/C44H66N6O9/c1-11-35-39(53)33-15-14-32(48-56-24-31-13-16-36(45-23-31)50-20-12-19-46-50)17-18-44(8,22-25(2)37(27(33)4)47-30(7)51)41(28(5)38(52)29(6)42(55)58-35)59-43-40(54)34(49(9)10)21-26(3)57-43/h12-13,16,19-20,23,25-29,33-35,39-41,43,53-54H,11,14-15,17-18,21-22,24H2,1-10H3/b47-37?,48-32+/t25-,26-,27-,28+,29-,33-,34+,35-,39+,40-,41-,43+,44-/m1/s1. The fourth-order valence-corrected chi connectivity index (χ4v) is 9.43. The molecule has 13 atom stereocenters. The molecule has 1 amide bonds. The van der Waals surface area contributed by atoms with Crippen LogP contribution in [0.3, 0.4) is 0 Å². The Balaban J connectivity index is 1.61. The molecule has 2 aliphatic heterocycles. The van der Waals surface area contributed by atoms with E-state index < -0.39 is 65.8 Å². The number of aromatic nitrogens is 3. The highest BCUT2D eigenvalue weighted by Crippen LogP contribution is 2.45. The Kier molecular flexibility index (Phi) is 15.7. The second-order valence-electron chi connectivity index (χ2n) is 17.6. The van der Waals surface area contributed by atoms with Crippen LogP contribution in [0, 0.1) is 35.0 Å². The van der Waals surface area contributed by atoms with Crippen LogP contribution in [0.4, 0.5) is 0 Å². The minimum absolute atomic E-state index is 0.160. The van der Waals surface area contributed by atoms with E-state index in [1.807, 2.05) is 78.0 Å². The molecule has 2 aromatic rings. The summed E-state index contributed by atoms with van der Waals surface area (Å²) in [6.45, 7) is 14.7. The van der Waals surface area contributed by atoms with Crippen LogP contribution in [0.25, 0.3) is 5.82 Å². The minimum atomic E-state index is -1.16. The molecule has 15 heteroatoms. The number of cyclic esters (lactones) is 1. The van der Waals surface area contributed by atoms with Gasteiger partial charge in [0.2, 0.25) is 5.91 Å². The van der Waals surface area contributed by atoms with Gasteiger partial charge in [-0.2, -0.15) is 5.10 Å². The Morgan fingerprint density at radius 2 is 1.83 bits per heavy atom. The van der Waals surface area contributed by atoms with E-state index in [2.05, 4.69) is 15.1 Å². The summed E-state index contributed by atoms with van der Waals surface area (Å²) in [5.74, 6) is -4.05. The van der Waals surface area contributed by atoms with Crippen molar-refractivity contribution in [1.29, 1.82) is 0 Å². The van der Waals surface area contributed by atoms with Crippen LogP contribution in [0.2, 0.25) is 0 Å². The number of ketones is 1. The summed E-state index contributed by atoms with van der Waals surface area (Å²) in [5.41, 5.74) is 1.33. The average molecular weight is 823 g/mol. The third-order valence-corrected chi connectivity index (χ3v) is 12.8. The first-order valence-electron chi connectivity index (χ1n) is 21.2. The second kappa shape index (κ2) is 20.1. The van der Waals surface area contributed by atoms with E-state index in [4.69, 9.17) is 24.2 Å². The number of aliphatic imine (C=N–C) groups is 1. The Labute approximate surface area is 348 Å². The number of hydrogen-bond acceptors (Lipinski definition) is 13. The first-order valence-corrected chi connectivity index (χ1v) is 21.2. The van der Waals surface area contributed by atoms with Gasteiger partial charge in [0.05, 0.1) is 24.0 Å². The van der Waals surface area contributed by atoms with Gasteiger partial charge in [-0.25, -0.2) is 14.7 Å². The topological polar surface area (TPSA) is 187 Å². The number of likely N-dealkylation sites (N-methyl/N-ethyl adjacent to an activating group) is 1. The number of aliphatic hydroxyl groups excluding tert-OH is 2. The van der Waals surface area contributed by atoms with Crippen LogP contribution in [-0.2, 0) is 40.0 Å². The molecule has 2 N–H and O–H groups in total. The summed E-state index contributed by atoms with van der Waals surface area (Å²) in [7, 11) is 3.80. The quantitative estimate of drug-likeness (QED) is 0.198. The molecule has 0 unspecified atom stereocenters. The SMILES string of the molecule is CC[C@H]1OC(=O)[C@H](C)C(=O)[C@H](C)[C@@H](O[C@@H]2O[C@H](C)C[C@H](N(C)C)[C@H]2O)[C@]2(C)CC/C(=N/OCc3ccc(-n4cccn4)nc3)CC[C@@H]([C@@H]1O)[C@@H](C)C(=NC(C)=O)[C@H](C)C2. The predicted octanol–water partition coefficient (Wildman–Crippen LogP) is 5.34. The lowest BCUT2D eigenvalue weighted by Gasteiger charge is -2.48. The van der Waals surface area contributed by atoms with Crippen molar-refractivity contribution in [2.45, 2.75) is 150 Å². The Hall–Kier alpha value is -3.89. The number of carbonyl (C=O) groups is 3. The zero-order chi connectivity index (χ0) is 43.2. The first kappa shape index (κ1) is 46.2. The largest absolute Gasteiger partial charge is 0.459 e. The number of nitrogens with zero attached hydrogens (tertiary/aromatic N) is 6. The number of carbonyl (C=O) groups excluding carboxylic acids is 3. The first-order chi connectivity index (χ1) is 27.9. The summed E-state index contributed by atoms with van der Waals surface area (Å²) in [4.78, 5) is 58.2. The summed E-state index contributed by atoms with van der Waals surface area (Å²) in [5, 5.41) is 32.7. The van der Waals surface area contributed by atoms with Gasteiger partial charge in [0.15, 0.2) is 17.9 Å². The van der Waals surface area contributed by atoms with Crippen molar-refractivity contribution in [3.63, 3.8) is 0 Å². The van der Waals surface area contributed by atoms with E-state index in [-0.39, 0.29) is 36.4 Å². The van der Waals surface area contributed by atoms with Gasteiger partial charge in [0.1, 0.15) is 24.7 Å². The molecule has 3 fully saturated rings. The average Bonchev–Trinajstić information content (AvgIpc) is 3.74. The van der Waals surface area contributed by atoms with Crippen LogP contribution in [0.15, 0.2) is 46.9 Å². The molecule has 326 valence electrons. The number of fused-ring (bicyclic) bond motifs is 5. The number of ether oxygens (including phenoxy) is 3. The number of aliphatic hydroxyl groups is 2. The molecule has 0 aromatic carbocycles. The lowest BCUT2D eigenvalue weighted by molar-refractivity contribution is -0.286. The van der Waals surface area contributed by atoms with Gasteiger partial charge in [-0.1, -0.05) is 45.8 Å². The highest BCUT2D eigenvalue weighted by Gasteiger charge is 2.50. The molecule has 1 aliphatic carbocycles. The van der Waals surface area contributed by atoms with Gasteiger partial charge in [0.25, 0.3) is 0 Å². The number of esters is 1. The van der Waals surface area contributed by atoms with Gasteiger partial charge in [-0.3, -0.25) is 14.4 Å². The molecule has 15 nitrogen and oxygen atoms in total. The van der Waals surface area contributed by atoms with E-state index >= 15 is 0 Å². The van der Waals surface area contributed by atoms with Gasteiger partial charge >= 0.3 is 5.97 Å². The number of Topliss-reactive ketones (excluding diaryl/α,β-unsaturated/α-hetero) is 1. The number of amides is 1. The van der Waals surface area contributed by atoms with Crippen molar-refractivity contribution in [2.24, 2.45) is 45.2 Å². The van der Waals surface area contributed by atoms with Gasteiger partial charge < -0.3 is 34.2 Å². The summed E-state index contributed by atoms with van der Waals surface area (Å²) in [6.07, 6.45) is 3.00. The molecular formula is C44H66N6O9.